The van der Waals surface area contributed by atoms with Gasteiger partial charge in [-0.3, -0.25) is 14.6 Å². The Morgan fingerprint density at radius 2 is 2.10 bits per heavy atom. The minimum atomic E-state index is -1.08. The molecule has 2 atom stereocenters. The summed E-state index contributed by atoms with van der Waals surface area (Å²) in [6, 6.07) is 6.89. The molecule has 9 nitrogen and oxygen atoms in total. The number of pyridine rings is 2. The number of carboxylic acids is 1. The molecule has 0 saturated heterocycles. The first-order valence-corrected chi connectivity index (χ1v) is 9.83. The Morgan fingerprint density at radius 1 is 1.26 bits per heavy atom. The summed E-state index contributed by atoms with van der Waals surface area (Å²) in [4.78, 5) is 36.2. The number of hydrogen-bond acceptors (Lipinski definition) is 7. The van der Waals surface area contributed by atoms with Gasteiger partial charge in [0.25, 0.3) is 5.56 Å². The zero-order chi connectivity index (χ0) is 22.0. The lowest BCUT2D eigenvalue weighted by atomic mass is 10.1. The lowest BCUT2D eigenvalue weighted by Gasteiger charge is -2.11. The predicted octanol–water partition coefficient (Wildman–Crippen LogP) is 2.28. The number of carboxylic acid groups (broad SMARTS) is 1. The molecule has 0 aromatic carbocycles. The molecule has 1 fully saturated rings. The highest BCUT2D eigenvalue weighted by Crippen LogP contribution is 2.47. The summed E-state index contributed by atoms with van der Waals surface area (Å²) in [7, 11) is 1.61. The molecule has 0 aliphatic heterocycles. The van der Waals surface area contributed by atoms with E-state index in [9.17, 15) is 9.59 Å². The highest BCUT2D eigenvalue weighted by atomic mass is 16.5. The fraction of sp³-hybridized carbons (Fsp3) is 0.318. The van der Waals surface area contributed by atoms with Gasteiger partial charge in [0.05, 0.1) is 25.5 Å². The van der Waals surface area contributed by atoms with Crippen molar-refractivity contribution in [2.24, 2.45) is 5.92 Å². The summed E-state index contributed by atoms with van der Waals surface area (Å²) in [6.07, 6.45) is 5.75. The molecule has 4 rings (SSSR count). The molecule has 1 N–H and O–H groups in total. The van der Waals surface area contributed by atoms with Gasteiger partial charge in [-0.2, -0.15) is 4.98 Å². The minimum Gasteiger partial charge on any atom is -0.495 e. The van der Waals surface area contributed by atoms with E-state index < -0.39 is 18.1 Å². The van der Waals surface area contributed by atoms with E-state index in [1.54, 1.807) is 32.5 Å². The van der Waals surface area contributed by atoms with Gasteiger partial charge in [-0.15, -0.1) is 0 Å². The van der Waals surface area contributed by atoms with E-state index in [0.29, 0.717) is 41.3 Å². The largest absolute Gasteiger partial charge is 0.495 e. The average molecular weight is 422 g/mol. The van der Waals surface area contributed by atoms with E-state index in [2.05, 4.69) is 15.0 Å². The van der Waals surface area contributed by atoms with Crippen LogP contribution in [0.1, 0.15) is 23.9 Å². The van der Waals surface area contributed by atoms with Crippen molar-refractivity contribution in [3.05, 3.63) is 64.7 Å². The molecule has 3 aromatic heterocycles. The van der Waals surface area contributed by atoms with E-state index in [0.717, 1.165) is 22.4 Å². The zero-order valence-corrected chi connectivity index (χ0v) is 17.2. The average Bonchev–Trinajstić information content (AvgIpc) is 3.53. The van der Waals surface area contributed by atoms with E-state index in [1.165, 1.54) is 12.3 Å². The van der Waals surface area contributed by atoms with E-state index in [-0.39, 0.29) is 0 Å². The van der Waals surface area contributed by atoms with Crippen LogP contribution in [0.5, 0.6) is 11.6 Å². The maximum absolute atomic E-state index is 12.3. The Labute approximate surface area is 178 Å². The first-order valence-electron chi connectivity index (χ1n) is 9.83. The molecule has 0 radical (unpaired) electrons. The summed E-state index contributed by atoms with van der Waals surface area (Å²) in [6.45, 7) is 1.84. The quantitative estimate of drug-likeness (QED) is 0.588. The molecule has 3 heterocycles. The van der Waals surface area contributed by atoms with E-state index in [1.807, 2.05) is 12.1 Å². The maximum atomic E-state index is 12.3. The molecule has 0 spiro atoms. The second-order valence-corrected chi connectivity index (χ2v) is 7.45. The third-order valence-electron chi connectivity index (χ3n) is 5.22. The van der Waals surface area contributed by atoms with Crippen LogP contribution < -0.4 is 15.0 Å². The molecule has 3 aromatic rings. The molecular formula is C22H22N4O5. The standard InChI is InChI=1S/C22H22N4O5/c1-13-23-10-18(14-5-6-26(11-21(28)29)20(27)8-14)22(25-13)31-12-15-7-17(15)19-4-3-16(30-2)9-24-19/h3-6,8-10,15,17H,7,11-12H2,1-2H3,(H,28,29)/t15-,17+/m1/s1. The van der Waals surface area contributed by atoms with Crippen molar-refractivity contribution < 1.29 is 19.4 Å². The Hall–Kier alpha value is -3.75. The number of ether oxygens (including phenoxy) is 2. The molecule has 31 heavy (non-hydrogen) atoms. The van der Waals surface area contributed by atoms with Crippen molar-refractivity contribution in [2.75, 3.05) is 13.7 Å². The highest BCUT2D eigenvalue weighted by molar-refractivity contribution is 5.68. The van der Waals surface area contributed by atoms with E-state index in [4.69, 9.17) is 14.6 Å². The van der Waals surface area contributed by atoms with Crippen LogP contribution in [0, 0.1) is 12.8 Å². The molecule has 0 amide bonds. The third kappa shape index (κ3) is 4.71. The molecule has 9 heteroatoms. The second kappa shape index (κ2) is 8.55. The molecule has 1 saturated carbocycles. The number of rotatable bonds is 8. The summed E-state index contributed by atoms with van der Waals surface area (Å²) in [5, 5.41) is 8.90. The van der Waals surface area contributed by atoms with Crippen molar-refractivity contribution >= 4 is 5.97 Å². The number of carbonyl (C=O) groups is 1. The predicted molar refractivity (Wildman–Crippen MR) is 111 cm³/mol. The van der Waals surface area contributed by atoms with Crippen LogP contribution in [0.15, 0.2) is 47.7 Å². The monoisotopic (exact) mass is 422 g/mol. The van der Waals surface area contributed by atoms with Crippen molar-refractivity contribution in [2.45, 2.75) is 25.8 Å². The van der Waals surface area contributed by atoms with Crippen LogP contribution in [0.4, 0.5) is 0 Å². The Bertz CT molecular complexity index is 1160. The van der Waals surface area contributed by atoms with Crippen molar-refractivity contribution in [3.63, 3.8) is 0 Å². The van der Waals surface area contributed by atoms with Crippen LogP contribution in [-0.2, 0) is 11.3 Å². The summed E-state index contributed by atoms with van der Waals surface area (Å²) < 4.78 is 12.3. The Balaban J connectivity index is 1.48. The van der Waals surface area contributed by atoms with Crippen molar-refractivity contribution in [3.8, 4) is 22.8 Å². The van der Waals surface area contributed by atoms with Crippen LogP contribution in [0.2, 0.25) is 0 Å². The topological polar surface area (TPSA) is 116 Å². The maximum Gasteiger partial charge on any atom is 0.323 e. The van der Waals surface area contributed by atoms with Crippen molar-refractivity contribution in [1.82, 2.24) is 19.5 Å². The number of aryl methyl sites for hydroxylation is 1. The summed E-state index contributed by atoms with van der Waals surface area (Å²) in [5.41, 5.74) is 1.76. The molecule has 0 bridgehead atoms. The van der Waals surface area contributed by atoms with Gasteiger partial charge in [0.1, 0.15) is 18.1 Å². The molecule has 1 aliphatic carbocycles. The minimum absolute atomic E-state index is 0.326. The molecular weight excluding hydrogens is 400 g/mol. The Morgan fingerprint density at radius 3 is 2.77 bits per heavy atom. The second-order valence-electron chi connectivity index (χ2n) is 7.45. The van der Waals surface area contributed by atoms with Gasteiger partial charge in [0.15, 0.2) is 0 Å². The zero-order valence-electron chi connectivity index (χ0n) is 17.2. The summed E-state index contributed by atoms with van der Waals surface area (Å²) >= 11 is 0. The first-order chi connectivity index (χ1) is 14.9. The fourth-order valence-corrected chi connectivity index (χ4v) is 3.42. The number of aliphatic carboxylic acids is 1. The smallest absolute Gasteiger partial charge is 0.323 e. The van der Waals surface area contributed by atoms with Gasteiger partial charge in [0.2, 0.25) is 5.88 Å². The lowest BCUT2D eigenvalue weighted by molar-refractivity contribution is -0.137. The summed E-state index contributed by atoms with van der Waals surface area (Å²) in [5.74, 6) is 1.26. The van der Waals surface area contributed by atoms with Gasteiger partial charge in [-0.25, -0.2) is 4.98 Å². The fourth-order valence-electron chi connectivity index (χ4n) is 3.42. The van der Waals surface area contributed by atoms with Crippen LogP contribution in [0.3, 0.4) is 0 Å². The van der Waals surface area contributed by atoms with Crippen LogP contribution in [0.25, 0.3) is 11.1 Å². The van der Waals surface area contributed by atoms with Gasteiger partial charge in [-0.05, 0) is 37.1 Å². The normalized spacial score (nSPS) is 17.2. The Kier molecular flexibility index (Phi) is 5.66. The number of hydrogen-bond donors (Lipinski definition) is 1. The van der Waals surface area contributed by atoms with Gasteiger partial charge in [-0.1, -0.05) is 0 Å². The molecule has 1 aliphatic rings. The van der Waals surface area contributed by atoms with Gasteiger partial charge in [0, 0.05) is 36.0 Å². The highest BCUT2D eigenvalue weighted by Gasteiger charge is 2.40. The van der Waals surface area contributed by atoms with Gasteiger partial charge < -0.3 is 19.1 Å². The first kappa shape index (κ1) is 20.5. The molecule has 0 unspecified atom stereocenters. The number of aromatic nitrogens is 4. The van der Waals surface area contributed by atoms with Crippen LogP contribution in [-0.4, -0.2) is 44.3 Å². The molecule has 160 valence electrons. The lowest BCUT2D eigenvalue weighted by Crippen LogP contribution is -2.22. The number of nitrogens with zero attached hydrogens (tertiary/aromatic N) is 4. The van der Waals surface area contributed by atoms with Crippen LogP contribution >= 0.6 is 0 Å². The van der Waals surface area contributed by atoms with E-state index >= 15 is 0 Å². The third-order valence-corrected chi connectivity index (χ3v) is 5.22. The van der Waals surface area contributed by atoms with Gasteiger partial charge >= 0.3 is 5.97 Å². The van der Waals surface area contributed by atoms with Crippen molar-refractivity contribution in [1.29, 1.82) is 0 Å². The SMILES string of the molecule is COc1ccc([C@H]2C[C@@H]2COc2nc(C)ncc2-c2ccn(CC(=O)O)c(=O)c2)nc1. The number of methoxy groups -OCH3 is 1.